The maximum absolute atomic E-state index is 11.6. The maximum Gasteiger partial charge on any atom is 0.336 e. The SMILES string of the molecule is CC1C(C)(C)c2ccc(-c3cc(CO)ccc3C(=O)O)cc2C1(C)C. The summed E-state index contributed by atoms with van der Waals surface area (Å²) in [6.45, 7) is 11.3. The summed E-state index contributed by atoms with van der Waals surface area (Å²) >= 11 is 0. The molecule has 0 saturated carbocycles. The molecule has 2 aromatic carbocycles. The zero-order valence-electron chi connectivity index (χ0n) is 15.6. The number of benzene rings is 2. The van der Waals surface area contributed by atoms with E-state index >= 15 is 0 Å². The third-order valence-electron chi connectivity index (χ3n) is 6.38. The molecule has 0 radical (unpaired) electrons. The molecule has 3 nitrogen and oxygen atoms in total. The molecule has 0 fully saturated rings. The van der Waals surface area contributed by atoms with Crippen LogP contribution in [0.15, 0.2) is 36.4 Å². The largest absolute Gasteiger partial charge is 0.478 e. The quantitative estimate of drug-likeness (QED) is 0.849. The molecule has 1 aliphatic carbocycles. The topological polar surface area (TPSA) is 57.5 Å². The van der Waals surface area contributed by atoms with E-state index in [1.165, 1.54) is 11.1 Å². The first-order valence-corrected chi connectivity index (χ1v) is 8.73. The molecule has 1 unspecified atom stereocenters. The number of hydrogen-bond acceptors (Lipinski definition) is 2. The summed E-state index contributed by atoms with van der Waals surface area (Å²) < 4.78 is 0. The summed E-state index contributed by atoms with van der Waals surface area (Å²) in [7, 11) is 0. The first-order valence-electron chi connectivity index (χ1n) is 8.73. The molecule has 0 spiro atoms. The van der Waals surface area contributed by atoms with Crippen molar-refractivity contribution in [1.82, 2.24) is 0 Å². The minimum atomic E-state index is -0.951. The molecule has 0 aromatic heterocycles. The molecular weight excluding hydrogens is 312 g/mol. The third-order valence-corrected chi connectivity index (χ3v) is 6.38. The smallest absolute Gasteiger partial charge is 0.336 e. The number of rotatable bonds is 3. The molecule has 25 heavy (non-hydrogen) atoms. The molecule has 3 heteroatoms. The van der Waals surface area contributed by atoms with Gasteiger partial charge in [0.25, 0.3) is 0 Å². The number of hydrogen-bond donors (Lipinski definition) is 2. The molecule has 2 N–H and O–H groups in total. The zero-order valence-corrected chi connectivity index (χ0v) is 15.6. The summed E-state index contributed by atoms with van der Waals surface area (Å²) in [5.41, 5.74) is 5.26. The predicted octanol–water partition coefficient (Wildman–Crippen LogP) is 4.75. The number of aliphatic hydroxyl groups excluding tert-OH is 1. The van der Waals surface area contributed by atoms with Gasteiger partial charge in [-0.25, -0.2) is 4.79 Å². The summed E-state index contributed by atoms with van der Waals surface area (Å²) in [6, 6.07) is 11.3. The Morgan fingerprint density at radius 1 is 1.00 bits per heavy atom. The zero-order chi connectivity index (χ0) is 18.6. The Morgan fingerprint density at radius 3 is 2.24 bits per heavy atom. The van der Waals surface area contributed by atoms with Crippen molar-refractivity contribution in [3.05, 3.63) is 58.7 Å². The van der Waals surface area contributed by atoms with Crippen LogP contribution in [0.1, 0.15) is 61.7 Å². The van der Waals surface area contributed by atoms with Gasteiger partial charge in [-0.05, 0) is 56.7 Å². The number of carboxylic acids is 1. The Hall–Kier alpha value is -2.13. The fourth-order valence-corrected chi connectivity index (χ4v) is 4.29. The van der Waals surface area contributed by atoms with Crippen LogP contribution in [0.5, 0.6) is 0 Å². The Labute approximate surface area is 149 Å². The van der Waals surface area contributed by atoms with E-state index < -0.39 is 5.97 Å². The van der Waals surface area contributed by atoms with E-state index in [1.54, 1.807) is 18.2 Å². The van der Waals surface area contributed by atoms with Crippen LogP contribution < -0.4 is 0 Å². The van der Waals surface area contributed by atoms with Crippen LogP contribution in [0.3, 0.4) is 0 Å². The fraction of sp³-hybridized carbons (Fsp3) is 0.409. The average molecular weight is 338 g/mol. The van der Waals surface area contributed by atoms with Gasteiger partial charge in [0.2, 0.25) is 0 Å². The number of aliphatic hydroxyl groups is 1. The Morgan fingerprint density at radius 2 is 1.64 bits per heavy atom. The van der Waals surface area contributed by atoms with Crippen molar-refractivity contribution >= 4 is 5.97 Å². The Bertz CT molecular complexity index is 846. The molecule has 1 atom stereocenters. The van der Waals surface area contributed by atoms with Crippen LogP contribution in [-0.4, -0.2) is 16.2 Å². The summed E-state index contributed by atoms with van der Waals surface area (Å²) in [5, 5.41) is 19.0. The van der Waals surface area contributed by atoms with Crippen molar-refractivity contribution in [2.75, 3.05) is 0 Å². The lowest BCUT2D eigenvalue weighted by molar-refractivity contribution is 0.0697. The molecule has 0 bridgehead atoms. The average Bonchev–Trinajstić information content (AvgIpc) is 2.72. The Balaban J connectivity index is 2.23. The highest BCUT2D eigenvalue weighted by atomic mass is 16.4. The highest BCUT2D eigenvalue weighted by Gasteiger charge is 2.48. The molecule has 3 rings (SSSR count). The third kappa shape index (κ3) is 2.58. The van der Waals surface area contributed by atoms with E-state index in [0.717, 1.165) is 5.56 Å². The molecule has 0 aliphatic heterocycles. The molecule has 0 saturated heterocycles. The van der Waals surface area contributed by atoms with Gasteiger partial charge in [0.1, 0.15) is 0 Å². The van der Waals surface area contributed by atoms with Crippen LogP contribution >= 0.6 is 0 Å². The van der Waals surface area contributed by atoms with Crippen molar-refractivity contribution in [3.8, 4) is 11.1 Å². The summed E-state index contributed by atoms with van der Waals surface area (Å²) in [5.74, 6) is -0.471. The Kier molecular flexibility index (Phi) is 4.03. The molecular formula is C22H26O3. The van der Waals surface area contributed by atoms with Gasteiger partial charge >= 0.3 is 5.97 Å². The molecule has 0 amide bonds. The van der Waals surface area contributed by atoms with Crippen LogP contribution in [0, 0.1) is 5.92 Å². The molecule has 1 aliphatic rings. The van der Waals surface area contributed by atoms with Crippen molar-refractivity contribution in [1.29, 1.82) is 0 Å². The van der Waals surface area contributed by atoms with Crippen molar-refractivity contribution < 1.29 is 15.0 Å². The van der Waals surface area contributed by atoms with E-state index in [2.05, 4.69) is 46.8 Å². The summed E-state index contributed by atoms with van der Waals surface area (Å²) in [4.78, 5) is 11.6. The first kappa shape index (κ1) is 17.7. The van der Waals surface area contributed by atoms with Crippen molar-refractivity contribution in [2.45, 2.75) is 52.1 Å². The second-order valence-corrected chi connectivity index (χ2v) is 8.27. The second kappa shape index (κ2) is 5.70. The van der Waals surface area contributed by atoms with Crippen molar-refractivity contribution in [2.24, 2.45) is 5.92 Å². The van der Waals surface area contributed by atoms with E-state index in [-0.39, 0.29) is 23.0 Å². The first-order chi connectivity index (χ1) is 11.6. The van der Waals surface area contributed by atoms with Crippen LogP contribution in [0.2, 0.25) is 0 Å². The fourth-order valence-electron chi connectivity index (χ4n) is 4.29. The normalized spacial score (nSPS) is 20.3. The van der Waals surface area contributed by atoms with Gasteiger partial charge in [0.15, 0.2) is 0 Å². The van der Waals surface area contributed by atoms with Crippen LogP contribution in [0.25, 0.3) is 11.1 Å². The van der Waals surface area contributed by atoms with Gasteiger partial charge in [0.05, 0.1) is 12.2 Å². The minimum Gasteiger partial charge on any atom is -0.478 e. The van der Waals surface area contributed by atoms with E-state index in [1.807, 2.05) is 6.07 Å². The van der Waals surface area contributed by atoms with Gasteiger partial charge in [-0.3, -0.25) is 0 Å². The lowest BCUT2D eigenvalue weighted by Crippen LogP contribution is -2.30. The van der Waals surface area contributed by atoms with Gasteiger partial charge in [-0.2, -0.15) is 0 Å². The standard InChI is InChI=1S/C22H26O3/c1-13-21(2,3)18-9-7-15(11-19(18)22(13,4)5)17-10-14(12-23)6-8-16(17)20(24)25/h6-11,13,23H,12H2,1-5H3,(H,24,25). The van der Waals surface area contributed by atoms with Crippen molar-refractivity contribution in [3.63, 3.8) is 0 Å². The van der Waals surface area contributed by atoms with Crippen LogP contribution in [-0.2, 0) is 17.4 Å². The number of carbonyl (C=O) groups is 1. The lowest BCUT2D eigenvalue weighted by atomic mass is 9.71. The number of carboxylic acid groups (broad SMARTS) is 1. The highest BCUT2D eigenvalue weighted by molar-refractivity contribution is 5.96. The highest BCUT2D eigenvalue weighted by Crippen LogP contribution is 2.54. The predicted molar refractivity (Wildman–Crippen MR) is 100.0 cm³/mol. The van der Waals surface area contributed by atoms with E-state index in [9.17, 15) is 15.0 Å². The van der Waals surface area contributed by atoms with Crippen LogP contribution in [0.4, 0.5) is 0 Å². The van der Waals surface area contributed by atoms with Gasteiger partial charge in [-0.1, -0.05) is 58.9 Å². The lowest BCUT2D eigenvalue weighted by Gasteiger charge is -2.32. The van der Waals surface area contributed by atoms with E-state index in [4.69, 9.17) is 0 Å². The van der Waals surface area contributed by atoms with Gasteiger partial charge in [-0.15, -0.1) is 0 Å². The van der Waals surface area contributed by atoms with E-state index in [0.29, 0.717) is 17.0 Å². The molecule has 2 aromatic rings. The number of aromatic carboxylic acids is 1. The number of fused-ring (bicyclic) bond motifs is 1. The monoisotopic (exact) mass is 338 g/mol. The van der Waals surface area contributed by atoms with Gasteiger partial charge < -0.3 is 10.2 Å². The molecule has 132 valence electrons. The second-order valence-electron chi connectivity index (χ2n) is 8.27. The van der Waals surface area contributed by atoms with Gasteiger partial charge in [0, 0.05) is 0 Å². The summed E-state index contributed by atoms with van der Waals surface area (Å²) in [6.07, 6.45) is 0. The maximum atomic E-state index is 11.6. The minimum absolute atomic E-state index is 0.0207. The molecule has 0 heterocycles.